The summed E-state index contributed by atoms with van der Waals surface area (Å²) in [5.41, 5.74) is 0.806. The first-order valence-corrected chi connectivity index (χ1v) is 11.5. The summed E-state index contributed by atoms with van der Waals surface area (Å²) >= 11 is 10.1. The molecule has 3 rings (SSSR count). The summed E-state index contributed by atoms with van der Waals surface area (Å²) in [6.07, 6.45) is 1.80. The number of thioether (sulfide) groups is 1. The van der Waals surface area contributed by atoms with Crippen LogP contribution in [0.15, 0.2) is 45.8 Å². The summed E-state index contributed by atoms with van der Waals surface area (Å²) < 4.78 is 23.6. The molecule has 1 aliphatic rings. The highest BCUT2D eigenvalue weighted by Gasteiger charge is 2.30. The largest absolute Gasteiger partial charge is 0.497 e. The molecule has 1 fully saturated rings. The van der Waals surface area contributed by atoms with Gasteiger partial charge in [-0.25, -0.2) is 0 Å². The number of halogens is 1. The van der Waals surface area contributed by atoms with Gasteiger partial charge in [0.25, 0.3) is 5.91 Å². The molecule has 0 aromatic heterocycles. The first kappa shape index (κ1) is 23.4. The fraction of sp³-hybridized carbons (Fsp3) is 0.273. The van der Waals surface area contributed by atoms with E-state index >= 15 is 0 Å². The predicted molar refractivity (Wildman–Crippen MR) is 130 cm³/mol. The Balaban J connectivity index is 1.67. The van der Waals surface area contributed by atoms with Crippen LogP contribution in [0.4, 0.5) is 0 Å². The minimum atomic E-state index is -0.0809. The average Bonchev–Trinajstić information content (AvgIpc) is 3.04. The number of hydrogen-bond donors (Lipinski definition) is 0. The monoisotopic (exact) mass is 523 g/mol. The summed E-state index contributed by atoms with van der Waals surface area (Å²) in [5, 5.41) is 0. The number of hydrogen-bond acceptors (Lipinski definition) is 7. The maximum atomic E-state index is 12.4. The van der Waals surface area contributed by atoms with Crippen molar-refractivity contribution in [3.8, 4) is 23.0 Å². The number of carbonyl (C=O) groups is 1. The van der Waals surface area contributed by atoms with E-state index in [1.165, 1.54) is 11.8 Å². The van der Waals surface area contributed by atoms with Crippen molar-refractivity contribution in [2.45, 2.75) is 6.92 Å². The summed E-state index contributed by atoms with van der Waals surface area (Å²) in [7, 11) is 3.18. The molecule has 0 atom stereocenters. The zero-order chi connectivity index (χ0) is 22.4. The Labute approximate surface area is 199 Å². The minimum Gasteiger partial charge on any atom is -0.497 e. The second-order valence-corrected chi connectivity index (χ2v) is 8.87. The van der Waals surface area contributed by atoms with Gasteiger partial charge in [0.15, 0.2) is 11.5 Å². The second kappa shape index (κ2) is 10.9. The first-order valence-electron chi connectivity index (χ1n) is 9.49. The van der Waals surface area contributed by atoms with Gasteiger partial charge in [-0.1, -0.05) is 30.0 Å². The Morgan fingerprint density at radius 3 is 2.52 bits per heavy atom. The standard InChI is InChI=1S/C22H22BrNO5S2/c1-4-24-21(25)19(31-22(24)30)12-14-10-17(23)20(18(11-14)27-3)29-9-8-28-16-7-5-6-15(13-16)26-2/h5-7,10-13H,4,8-9H2,1-3H3/b19-12-. The number of nitrogens with zero attached hydrogens (tertiary/aromatic N) is 1. The zero-order valence-corrected chi connectivity index (χ0v) is 20.6. The van der Waals surface area contributed by atoms with Crippen molar-refractivity contribution in [2.24, 2.45) is 0 Å². The van der Waals surface area contributed by atoms with Gasteiger partial charge in [0.1, 0.15) is 29.0 Å². The summed E-state index contributed by atoms with van der Waals surface area (Å²) in [4.78, 5) is 14.6. The molecule has 0 unspecified atom stereocenters. The molecule has 2 aromatic rings. The van der Waals surface area contributed by atoms with Crippen LogP contribution in [-0.2, 0) is 4.79 Å². The predicted octanol–water partition coefficient (Wildman–Crippen LogP) is 5.15. The number of amides is 1. The van der Waals surface area contributed by atoms with E-state index < -0.39 is 0 Å². The fourth-order valence-corrected chi connectivity index (χ4v) is 4.84. The highest BCUT2D eigenvalue weighted by molar-refractivity contribution is 9.10. The molecule has 0 spiro atoms. The average molecular weight is 524 g/mol. The third kappa shape index (κ3) is 5.72. The van der Waals surface area contributed by atoms with E-state index in [4.69, 9.17) is 31.2 Å². The van der Waals surface area contributed by atoms with Crippen LogP contribution in [-0.4, -0.2) is 49.1 Å². The van der Waals surface area contributed by atoms with Crippen molar-refractivity contribution in [3.05, 3.63) is 51.3 Å². The summed E-state index contributed by atoms with van der Waals surface area (Å²) in [6, 6.07) is 11.1. The molecular formula is C22H22BrNO5S2. The van der Waals surface area contributed by atoms with E-state index in [-0.39, 0.29) is 5.91 Å². The Kier molecular flexibility index (Phi) is 8.22. The van der Waals surface area contributed by atoms with Crippen molar-refractivity contribution in [3.63, 3.8) is 0 Å². The SMILES string of the molecule is CCN1C(=O)/C(=C/c2cc(Br)c(OCCOc3cccc(OC)c3)c(OC)c2)SC1=S. The van der Waals surface area contributed by atoms with E-state index in [1.54, 1.807) is 25.2 Å². The molecule has 0 N–H and O–H groups in total. The van der Waals surface area contributed by atoms with Crippen LogP contribution < -0.4 is 18.9 Å². The highest BCUT2D eigenvalue weighted by Crippen LogP contribution is 2.39. The Hall–Kier alpha value is -2.23. The quantitative estimate of drug-likeness (QED) is 0.256. The van der Waals surface area contributed by atoms with Crippen LogP contribution in [0.25, 0.3) is 6.08 Å². The van der Waals surface area contributed by atoms with Crippen LogP contribution in [0.1, 0.15) is 12.5 Å². The van der Waals surface area contributed by atoms with Gasteiger partial charge in [-0.15, -0.1) is 0 Å². The number of likely N-dealkylation sites (N-methyl/N-ethyl adjacent to an activating group) is 1. The number of ether oxygens (including phenoxy) is 4. The van der Waals surface area contributed by atoms with Crippen molar-refractivity contribution in [2.75, 3.05) is 34.0 Å². The van der Waals surface area contributed by atoms with E-state index in [0.29, 0.717) is 50.7 Å². The van der Waals surface area contributed by atoms with Gasteiger partial charge in [-0.2, -0.15) is 0 Å². The third-order valence-corrected chi connectivity index (χ3v) is 6.35. The first-order chi connectivity index (χ1) is 15.0. The molecule has 0 saturated carbocycles. The van der Waals surface area contributed by atoms with Gasteiger partial charge < -0.3 is 18.9 Å². The van der Waals surface area contributed by atoms with E-state index in [0.717, 1.165) is 11.3 Å². The Bertz CT molecular complexity index is 1010. The lowest BCUT2D eigenvalue weighted by molar-refractivity contribution is -0.121. The van der Waals surface area contributed by atoms with Crippen LogP contribution in [0.2, 0.25) is 0 Å². The summed E-state index contributed by atoms with van der Waals surface area (Å²) in [6.45, 7) is 3.13. The lowest BCUT2D eigenvalue weighted by atomic mass is 10.2. The van der Waals surface area contributed by atoms with Gasteiger partial charge >= 0.3 is 0 Å². The molecule has 1 heterocycles. The molecule has 1 aliphatic heterocycles. The van der Waals surface area contributed by atoms with E-state index in [1.807, 2.05) is 43.3 Å². The van der Waals surface area contributed by atoms with Crippen LogP contribution >= 0.6 is 39.9 Å². The van der Waals surface area contributed by atoms with Crippen LogP contribution in [0.5, 0.6) is 23.0 Å². The lowest BCUT2D eigenvalue weighted by Gasteiger charge is -2.14. The van der Waals surface area contributed by atoms with Crippen molar-refractivity contribution < 1.29 is 23.7 Å². The molecule has 31 heavy (non-hydrogen) atoms. The smallest absolute Gasteiger partial charge is 0.266 e. The molecule has 2 aromatic carbocycles. The zero-order valence-electron chi connectivity index (χ0n) is 17.3. The Morgan fingerprint density at radius 1 is 1.10 bits per heavy atom. The van der Waals surface area contributed by atoms with Crippen molar-refractivity contribution in [1.29, 1.82) is 0 Å². The highest BCUT2D eigenvalue weighted by atomic mass is 79.9. The molecule has 164 valence electrons. The van der Waals surface area contributed by atoms with Gasteiger partial charge in [0.05, 0.1) is 23.6 Å². The number of methoxy groups -OCH3 is 2. The number of thiocarbonyl (C=S) groups is 1. The number of benzene rings is 2. The van der Waals surface area contributed by atoms with Crippen molar-refractivity contribution >= 4 is 56.2 Å². The van der Waals surface area contributed by atoms with Gasteiger partial charge in [-0.05, 0) is 58.8 Å². The molecule has 6 nitrogen and oxygen atoms in total. The molecular weight excluding hydrogens is 502 g/mol. The summed E-state index contributed by atoms with van der Waals surface area (Å²) in [5.74, 6) is 2.47. The maximum absolute atomic E-state index is 12.4. The molecule has 1 saturated heterocycles. The minimum absolute atomic E-state index is 0.0809. The molecule has 9 heteroatoms. The normalized spacial score (nSPS) is 14.8. The fourth-order valence-electron chi connectivity index (χ4n) is 2.88. The molecule has 0 radical (unpaired) electrons. The van der Waals surface area contributed by atoms with Gasteiger partial charge in [-0.3, -0.25) is 9.69 Å². The number of carbonyl (C=O) groups excluding carboxylic acids is 1. The molecule has 1 amide bonds. The van der Waals surface area contributed by atoms with E-state index in [9.17, 15) is 4.79 Å². The number of rotatable bonds is 9. The molecule has 0 aliphatic carbocycles. The lowest BCUT2D eigenvalue weighted by Crippen LogP contribution is -2.27. The Morgan fingerprint density at radius 2 is 1.84 bits per heavy atom. The van der Waals surface area contributed by atoms with Crippen LogP contribution in [0, 0.1) is 0 Å². The topological polar surface area (TPSA) is 57.2 Å². The second-order valence-electron chi connectivity index (χ2n) is 6.34. The van der Waals surface area contributed by atoms with E-state index in [2.05, 4.69) is 15.9 Å². The molecule has 0 bridgehead atoms. The maximum Gasteiger partial charge on any atom is 0.266 e. The van der Waals surface area contributed by atoms with Gasteiger partial charge in [0.2, 0.25) is 0 Å². The van der Waals surface area contributed by atoms with Crippen molar-refractivity contribution in [1.82, 2.24) is 4.90 Å². The van der Waals surface area contributed by atoms with Gasteiger partial charge in [0, 0.05) is 12.6 Å². The van der Waals surface area contributed by atoms with Crippen LogP contribution in [0.3, 0.4) is 0 Å². The third-order valence-electron chi connectivity index (χ3n) is 4.38.